The molecule has 2 aliphatic carbocycles. The average molecular weight is 622 g/mol. The zero-order chi connectivity index (χ0) is 31.8. The van der Waals surface area contributed by atoms with Crippen molar-refractivity contribution < 1.29 is 37.3 Å². The van der Waals surface area contributed by atoms with E-state index in [2.05, 4.69) is 15.4 Å². The Kier molecular flexibility index (Phi) is 6.59. The summed E-state index contributed by atoms with van der Waals surface area (Å²) in [5.41, 5.74) is 2.19. The summed E-state index contributed by atoms with van der Waals surface area (Å²) in [4.78, 5) is 30.5. The average Bonchev–Trinajstić information content (AvgIpc) is 3.97. The van der Waals surface area contributed by atoms with Gasteiger partial charge >= 0.3 is 0 Å². The SMILES string of the molecule is COc1cc(C(=O)NCC(O)(c2cc3c(c(-c4c(F)ccc(F)c4F)n2)OC[C@]3(C)C(N)=O)C2CC2)cc2cn(C3CC3)nc12. The Morgan fingerprint density at radius 2 is 1.91 bits per heavy atom. The largest absolute Gasteiger partial charge is 0.494 e. The minimum atomic E-state index is -1.83. The van der Waals surface area contributed by atoms with E-state index in [0.717, 1.165) is 24.3 Å². The Labute approximate surface area is 255 Å². The molecule has 45 heavy (non-hydrogen) atoms. The van der Waals surface area contributed by atoms with Crippen LogP contribution in [0.15, 0.2) is 36.5 Å². The van der Waals surface area contributed by atoms with Crippen LogP contribution in [0, 0.1) is 23.4 Å². The normalized spacial score (nSPS) is 20.4. The molecule has 3 aliphatic rings. The van der Waals surface area contributed by atoms with Gasteiger partial charge in [0, 0.05) is 22.7 Å². The standard InChI is InChI=1S/C32H30F3N5O5/c1-31(30(36)42)14-45-28-19(31)11-23(38-27(28)24-20(33)7-8-21(34)25(24)35)32(43,17-3-4-17)13-37-29(41)15-9-16-12-40(18-5-6-18)39-26(16)22(10-15)44-2/h7-12,17-18,43H,3-6,13-14H2,1-2H3,(H2,36,42)(H,37,41)/t31-,32?/m0/s1. The summed E-state index contributed by atoms with van der Waals surface area (Å²) in [6, 6.07) is 6.39. The molecule has 2 aromatic heterocycles. The summed E-state index contributed by atoms with van der Waals surface area (Å²) in [6.07, 6.45) is 5.08. The van der Waals surface area contributed by atoms with Crippen molar-refractivity contribution in [2.24, 2.45) is 11.7 Å². The molecule has 13 heteroatoms. The van der Waals surface area contributed by atoms with Crippen molar-refractivity contribution in [3.05, 3.63) is 70.8 Å². The van der Waals surface area contributed by atoms with Crippen molar-refractivity contribution in [1.29, 1.82) is 0 Å². The van der Waals surface area contributed by atoms with Gasteiger partial charge in [-0.1, -0.05) is 0 Å². The molecular formula is C32H30F3N5O5. The number of benzene rings is 2. The van der Waals surface area contributed by atoms with E-state index < -0.39 is 51.5 Å². The summed E-state index contributed by atoms with van der Waals surface area (Å²) in [7, 11) is 1.49. The first-order chi connectivity index (χ1) is 21.4. The Morgan fingerprint density at radius 3 is 2.58 bits per heavy atom. The summed E-state index contributed by atoms with van der Waals surface area (Å²) >= 11 is 0. The third-order valence-electron chi connectivity index (χ3n) is 9.11. The lowest BCUT2D eigenvalue weighted by Gasteiger charge is -2.30. The number of nitrogens with one attached hydrogen (secondary N) is 1. The topological polar surface area (TPSA) is 142 Å². The summed E-state index contributed by atoms with van der Waals surface area (Å²) in [5.74, 6) is -5.32. The van der Waals surface area contributed by atoms with Gasteiger partial charge in [0.2, 0.25) is 5.91 Å². The second-order valence-electron chi connectivity index (χ2n) is 12.3. The molecule has 2 aromatic carbocycles. The molecule has 0 radical (unpaired) electrons. The van der Waals surface area contributed by atoms with Crippen molar-refractivity contribution in [2.45, 2.75) is 49.7 Å². The van der Waals surface area contributed by atoms with E-state index in [1.807, 2.05) is 10.9 Å². The number of hydrogen-bond acceptors (Lipinski definition) is 7. The zero-order valence-electron chi connectivity index (χ0n) is 24.5. The Balaban J connectivity index is 1.28. The van der Waals surface area contributed by atoms with E-state index in [4.69, 9.17) is 15.2 Å². The van der Waals surface area contributed by atoms with Crippen LogP contribution in [0.1, 0.15) is 60.3 Å². The number of nitrogens with zero attached hydrogens (tertiary/aromatic N) is 3. The molecule has 4 aromatic rings. The predicted octanol–water partition coefficient (Wildman–Crippen LogP) is 4.02. The number of carbonyl (C=O) groups is 2. The van der Waals surface area contributed by atoms with Crippen molar-refractivity contribution in [3.8, 4) is 22.8 Å². The third kappa shape index (κ3) is 4.68. The van der Waals surface area contributed by atoms with Crippen molar-refractivity contribution in [1.82, 2.24) is 20.1 Å². The predicted molar refractivity (Wildman–Crippen MR) is 155 cm³/mol. The van der Waals surface area contributed by atoms with Crippen LogP contribution in [0.3, 0.4) is 0 Å². The number of hydrogen-bond donors (Lipinski definition) is 3. The molecule has 2 fully saturated rings. The number of rotatable bonds is 9. The first-order valence-electron chi connectivity index (χ1n) is 14.6. The molecule has 2 atom stereocenters. The fraction of sp³-hybridized carbons (Fsp3) is 0.375. The maximum absolute atomic E-state index is 15.1. The summed E-state index contributed by atoms with van der Waals surface area (Å²) in [6.45, 7) is 0.917. The number of aliphatic hydroxyl groups is 1. The van der Waals surface area contributed by atoms with Crippen LogP contribution in [0.25, 0.3) is 22.2 Å². The molecule has 10 nitrogen and oxygen atoms in total. The smallest absolute Gasteiger partial charge is 0.251 e. The molecule has 3 heterocycles. The number of pyridine rings is 1. The van der Waals surface area contributed by atoms with E-state index in [9.17, 15) is 19.1 Å². The van der Waals surface area contributed by atoms with Gasteiger partial charge in [-0.25, -0.2) is 18.2 Å². The first-order valence-corrected chi connectivity index (χ1v) is 14.6. The number of amides is 2. The molecule has 2 amide bonds. The highest BCUT2D eigenvalue weighted by Crippen LogP contribution is 2.50. The van der Waals surface area contributed by atoms with E-state index in [0.29, 0.717) is 36.2 Å². The maximum atomic E-state index is 15.1. The minimum Gasteiger partial charge on any atom is -0.494 e. The molecule has 0 saturated heterocycles. The number of halogens is 3. The summed E-state index contributed by atoms with van der Waals surface area (Å²) in [5, 5.41) is 20.2. The highest BCUT2D eigenvalue weighted by Gasteiger charge is 2.50. The van der Waals surface area contributed by atoms with E-state index >= 15 is 8.78 Å². The monoisotopic (exact) mass is 621 g/mol. The molecule has 0 spiro atoms. The van der Waals surface area contributed by atoms with Crippen molar-refractivity contribution in [2.75, 3.05) is 20.3 Å². The molecular weight excluding hydrogens is 591 g/mol. The quantitative estimate of drug-likeness (QED) is 0.240. The van der Waals surface area contributed by atoms with Crippen LogP contribution in [0.4, 0.5) is 13.2 Å². The molecule has 0 bridgehead atoms. The van der Waals surface area contributed by atoms with Gasteiger partial charge in [0.15, 0.2) is 11.6 Å². The molecule has 7 rings (SSSR count). The lowest BCUT2D eigenvalue weighted by molar-refractivity contribution is -0.123. The van der Waals surface area contributed by atoms with Gasteiger partial charge < -0.3 is 25.6 Å². The number of fused-ring (bicyclic) bond motifs is 2. The molecule has 234 valence electrons. The van der Waals surface area contributed by atoms with E-state index in [-0.39, 0.29) is 41.6 Å². The third-order valence-corrected chi connectivity index (χ3v) is 9.11. The van der Waals surface area contributed by atoms with Crippen LogP contribution >= 0.6 is 0 Å². The second-order valence-corrected chi connectivity index (χ2v) is 12.3. The minimum absolute atomic E-state index is 0.0705. The second kappa shape index (κ2) is 10.2. The van der Waals surface area contributed by atoms with Crippen LogP contribution in [0.2, 0.25) is 0 Å². The van der Waals surface area contributed by atoms with Crippen LogP contribution in [-0.4, -0.2) is 51.9 Å². The Bertz CT molecular complexity index is 1910. The van der Waals surface area contributed by atoms with Gasteiger partial charge in [0.05, 0.1) is 31.0 Å². The Morgan fingerprint density at radius 1 is 1.18 bits per heavy atom. The number of methoxy groups -OCH3 is 1. The number of ether oxygens (including phenoxy) is 2. The van der Waals surface area contributed by atoms with E-state index in [1.54, 1.807) is 12.1 Å². The molecule has 1 unspecified atom stereocenters. The lowest BCUT2D eigenvalue weighted by atomic mass is 9.81. The van der Waals surface area contributed by atoms with Crippen LogP contribution < -0.4 is 20.5 Å². The van der Waals surface area contributed by atoms with Gasteiger partial charge in [0.1, 0.15) is 46.1 Å². The van der Waals surface area contributed by atoms with Gasteiger partial charge in [-0.3, -0.25) is 14.3 Å². The number of primary amides is 1. The summed E-state index contributed by atoms with van der Waals surface area (Å²) < 4.78 is 57.6. The number of carbonyl (C=O) groups excluding carboxylic acids is 2. The first kappa shape index (κ1) is 29.1. The van der Waals surface area contributed by atoms with Gasteiger partial charge in [0.25, 0.3) is 5.91 Å². The van der Waals surface area contributed by atoms with Gasteiger partial charge in [-0.05, 0) is 68.9 Å². The van der Waals surface area contributed by atoms with Crippen molar-refractivity contribution in [3.63, 3.8) is 0 Å². The van der Waals surface area contributed by atoms with Crippen molar-refractivity contribution >= 4 is 22.7 Å². The lowest BCUT2D eigenvalue weighted by Crippen LogP contribution is -2.44. The van der Waals surface area contributed by atoms with Gasteiger partial charge in [-0.15, -0.1) is 0 Å². The highest BCUT2D eigenvalue weighted by molar-refractivity contribution is 6.00. The molecule has 4 N–H and O–H groups in total. The highest BCUT2D eigenvalue weighted by atomic mass is 19.2. The zero-order valence-corrected chi connectivity index (χ0v) is 24.5. The maximum Gasteiger partial charge on any atom is 0.251 e. The number of nitrogens with two attached hydrogens (primary N) is 1. The molecule has 2 saturated carbocycles. The van der Waals surface area contributed by atoms with Gasteiger partial charge in [-0.2, -0.15) is 5.10 Å². The number of aromatic nitrogens is 3. The fourth-order valence-corrected chi connectivity index (χ4v) is 5.98. The Hall–Kier alpha value is -4.65. The van der Waals surface area contributed by atoms with Crippen LogP contribution in [-0.2, 0) is 15.8 Å². The van der Waals surface area contributed by atoms with Crippen LogP contribution in [0.5, 0.6) is 11.5 Å². The molecule has 1 aliphatic heterocycles. The fourth-order valence-electron chi connectivity index (χ4n) is 5.98. The van der Waals surface area contributed by atoms with E-state index in [1.165, 1.54) is 20.1 Å².